The van der Waals surface area contributed by atoms with Crippen molar-refractivity contribution in [3.63, 3.8) is 0 Å². The molecule has 0 aliphatic carbocycles. The van der Waals surface area contributed by atoms with Gasteiger partial charge in [0.15, 0.2) is 0 Å². The second-order valence-electron chi connectivity index (χ2n) is 5.45. The highest BCUT2D eigenvalue weighted by atomic mass is 79.9. The van der Waals surface area contributed by atoms with Crippen LogP contribution in [0.5, 0.6) is 5.75 Å². The van der Waals surface area contributed by atoms with Crippen molar-refractivity contribution in [3.8, 4) is 17.0 Å². The zero-order valence-electron chi connectivity index (χ0n) is 14.3. The van der Waals surface area contributed by atoms with Gasteiger partial charge in [0.05, 0.1) is 24.2 Å². The van der Waals surface area contributed by atoms with Crippen LogP contribution >= 0.6 is 39.3 Å². The van der Waals surface area contributed by atoms with Crippen LogP contribution in [0.1, 0.15) is 0 Å². The smallest absolute Gasteiger partial charge is 0.234 e. The largest absolute Gasteiger partial charge is 0.495 e. The van der Waals surface area contributed by atoms with Crippen molar-refractivity contribution in [1.82, 2.24) is 10.2 Å². The number of methoxy groups -OCH3 is 1. The fourth-order valence-corrected chi connectivity index (χ4v) is 3.33. The van der Waals surface area contributed by atoms with E-state index in [1.165, 1.54) is 18.9 Å². The van der Waals surface area contributed by atoms with E-state index < -0.39 is 0 Å². The number of nitrogens with zero attached hydrogens (tertiary/aromatic N) is 2. The van der Waals surface area contributed by atoms with E-state index in [1.807, 2.05) is 36.4 Å². The number of aromatic nitrogens is 2. The summed E-state index contributed by atoms with van der Waals surface area (Å²) in [7, 11) is 1.54. The van der Waals surface area contributed by atoms with Gasteiger partial charge in [0.1, 0.15) is 10.8 Å². The fourth-order valence-electron chi connectivity index (χ4n) is 2.28. The number of halogens is 2. The Balaban J connectivity index is 1.59. The topological polar surface area (TPSA) is 64.1 Å². The molecule has 1 aromatic heterocycles. The van der Waals surface area contributed by atoms with Crippen LogP contribution in [0.25, 0.3) is 11.3 Å². The molecule has 0 aliphatic rings. The number of amides is 1. The predicted molar refractivity (Wildman–Crippen MR) is 113 cm³/mol. The van der Waals surface area contributed by atoms with E-state index in [0.29, 0.717) is 21.5 Å². The molecule has 3 rings (SSSR count). The summed E-state index contributed by atoms with van der Waals surface area (Å²) in [6.45, 7) is 0. The number of carbonyl (C=O) groups is 1. The molecule has 0 saturated carbocycles. The normalized spacial score (nSPS) is 10.5. The van der Waals surface area contributed by atoms with Gasteiger partial charge >= 0.3 is 0 Å². The number of carbonyl (C=O) groups excluding carboxylic acids is 1. The summed E-state index contributed by atoms with van der Waals surface area (Å²) in [5, 5.41) is 12.4. The van der Waals surface area contributed by atoms with Gasteiger partial charge in [-0.05, 0) is 42.5 Å². The molecule has 8 heteroatoms. The second-order valence-corrected chi connectivity index (χ2v) is 7.79. The Bertz CT molecular complexity index is 937. The lowest BCUT2D eigenvalue weighted by Gasteiger charge is -2.10. The van der Waals surface area contributed by atoms with Crippen LogP contribution < -0.4 is 10.1 Å². The maximum absolute atomic E-state index is 12.2. The SMILES string of the molecule is COc1ccc(Cl)cc1NC(=O)CSc1ccc(-c2ccc(Br)cc2)nn1. The lowest BCUT2D eigenvalue weighted by Crippen LogP contribution is -2.14. The van der Waals surface area contributed by atoms with Gasteiger partial charge in [0.2, 0.25) is 5.91 Å². The average molecular weight is 465 g/mol. The molecule has 0 bridgehead atoms. The molecule has 27 heavy (non-hydrogen) atoms. The predicted octanol–water partition coefficient (Wildman–Crippen LogP) is 5.30. The molecule has 2 aromatic carbocycles. The number of rotatable bonds is 6. The Morgan fingerprint density at radius 2 is 1.93 bits per heavy atom. The highest BCUT2D eigenvalue weighted by Gasteiger charge is 2.10. The van der Waals surface area contributed by atoms with Crippen LogP contribution in [0, 0.1) is 0 Å². The molecular formula is C19H15BrClN3O2S. The van der Waals surface area contributed by atoms with Crippen molar-refractivity contribution in [3.05, 3.63) is 64.1 Å². The van der Waals surface area contributed by atoms with Crippen molar-refractivity contribution in [2.24, 2.45) is 0 Å². The molecule has 3 aromatic rings. The monoisotopic (exact) mass is 463 g/mol. The molecule has 138 valence electrons. The van der Waals surface area contributed by atoms with Crippen molar-refractivity contribution in [2.75, 3.05) is 18.2 Å². The number of nitrogens with one attached hydrogen (secondary N) is 1. The number of thioether (sulfide) groups is 1. The Morgan fingerprint density at radius 3 is 2.59 bits per heavy atom. The number of ether oxygens (including phenoxy) is 1. The second kappa shape index (κ2) is 9.21. The first-order valence-electron chi connectivity index (χ1n) is 7.91. The van der Waals surface area contributed by atoms with E-state index in [9.17, 15) is 4.79 Å². The van der Waals surface area contributed by atoms with E-state index in [2.05, 4.69) is 31.4 Å². The van der Waals surface area contributed by atoms with Crippen LogP contribution in [0.3, 0.4) is 0 Å². The zero-order chi connectivity index (χ0) is 19.2. The minimum Gasteiger partial charge on any atom is -0.495 e. The minimum absolute atomic E-state index is 0.181. The third kappa shape index (κ3) is 5.45. The summed E-state index contributed by atoms with van der Waals surface area (Å²) in [5.41, 5.74) is 2.29. The van der Waals surface area contributed by atoms with Crippen LogP contribution in [-0.2, 0) is 4.79 Å². The Hall–Kier alpha value is -2.09. The highest BCUT2D eigenvalue weighted by Crippen LogP contribution is 2.28. The van der Waals surface area contributed by atoms with Crippen molar-refractivity contribution in [2.45, 2.75) is 5.03 Å². The Labute approximate surface area is 174 Å². The van der Waals surface area contributed by atoms with Gasteiger partial charge < -0.3 is 10.1 Å². The van der Waals surface area contributed by atoms with Crippen molar-refractivity contribution >= 4 is 50.9 Å². The van der Waals surface area contributed by atoms with Crippen molar-refractivity contribution < 1.29 is 9.53 Å². The van der Waals surface area contributed by atoms with Crippen LogP contribution in [0.15, 0.2) is 64.1 Å². The molecule has 1 amide bonds. The first-order valence-corrected chi connectivity index (χ1v) is 10.1. The van der Waals surface area contributed by atoms with Gasteiger partial charge in [-0.2, -0.15) is 0 Å². The van der Waals surface area contributed by atoms with E-state index in [-0.39, 0.29) is 11.7 Å². The van der Waals surface area contributed by atoms with E-state index >= 15 is 0 Å². The number of benzene rings is 2. The van der Waals surface area contributed by atoms with Gasteiger partial charge in [-0.1, -0.05) is 51.4 Å². The van der Waals surface area contributed by atoms with Gasteiger partial charge in [-0.15, -0.1) is 10.2 Å². The summed E-state index contributed by atoms with van der Waals surface area (Å²) >= 11 is 10.7. The van der Waals surface area contributed by atoms with E-state index in [1.54, 1.807) is 18.2 Å². The first kappa shape index (κ1) is 19.7. The maximum Gasteiger partial charge on any atom is 0.234 e. The highest BCUT2D eigenvalue weighted by molar-refractivity contribution is 9.10. The first-order chi connectivity index (χ1) is 13.0. The third-order valence-electron chi connectivity index (χ3n) is 3.57. The van der Waals surface area contributed by atoms with Crippen LogP contribution in [-0.4, -0.2) is 29.0 Å². The summed E-state index contributed by atoms with van der Waals surface area (Å²) in [4.78, 5) is 12.2. The average Bonchev–Trinajstić information content (AvgIpc) is 2.68. The summed E-state index contributed by atoms with van der Waals surface area (Å²) in [6.07, 6.45) is 0. The molecule has 0 fully saturated rings. The molecule has 0 radical (unpaired) electrons. The molecule has 0 aliphatic heterocycles. The van der Waals surface area contributed by atoms with Gasteiger partial charge in [0.25, 0.3) is 0 Å². The van der Waals surface area contributed by atoms with E-state index in [0.717, 1.165) is 15.7 Å². The summed E-state index contributed by atoms with van der Waals surface area (Å²) in [6, 6.07) is 16.6. The summed E-state index contributed by atoms with van der Waals surface area (Å²) in [5.74, 6) is 0.567. The lowest BCUT2D eigenvalue weighted by molar-refractivity contribution is -0.113. The minimum atomic E-state index is -0.181. The number of hydrogen-bond donors (Lipinski definition) is 1. The summed E-state index contributed by atoms with van der Waals surface area (Å²) < 4.78 is 6.23. The molecule has 1 N–H and O–H groups in total. The molecule has 0 unspecified atom stereocenters. The van der Waals surface area contributed by atoms with Gasteiger partial charge in [-0.3, -0.25) is 4.79 Å². The molecule has 1 heterocycles. The van der Waals surface area contributed by atoms with E-state index in [4.69, 9.17) is 16.3 Å². The maximum atomic E-state index is 12.2. The number of hydrogen-bond acceptors (Lipinski definition) is 5. The number of anilines is 1. The third-order valence-corrected chi connectivity index (χ3v) is 5.25. The van der Waals surface area contributed by atoms with Crippen LogP contribution in [0.2, 0.25) is 5.02 Å². The van der Waals surface area contributed by atoms with Gasteiger partial charge in [-0.25, -0.2) is 0 Å². The zero-order valence-corrected chi connectivity index (χ0v) is 17.4. The van der Waals surface area contributed by atoms with Crippen LogP contribution in [0.4, 0.5) is 5.69 Å². The molecule has 0 spiro atoms. The Kier molecular flexibility index (Phi) is 6.71. The Morgan fingerprint density at radius 1 is 1.15 bits per heavy atom. The standard InChI is InChI=1S/C19H15BrClN3O2S/c1-26-17-8-6-14(21)10-16(17)22-18(25)11-27-19-9-7-15(23-24-19)12-2-4-13(20)5-3-12/h2-10H,11H2,1H3,(H,22,25). The van der Waals surface area contributed by atoms with Gasteiger partial charge in [0, 0.05) is 15.1 Å². The molecule has 5 nitrogen and oxygen atoms in total. The van der Waals surface area contributed by atoms with Crippen molar-refractivity contribution in [1.29, 1.82) is 0 Å². The molecule has 0 saturated heterocycles. The lowest BCUT2D eigenvalue weighted by atomic mass is 10.1. The quantitative estimate of drug-likeness (QED) is 0.502. The molecular weight excluding hydrogens is 450 g/mol. The fraction of sp³-hybridized carbons (Fsp3) is 0.105. The molecule has 0 atom stereocenters.